The average molecular weight is 250 g/mol. The lowest BCUT2D eigenvalue weighted by Gasteiger charge is -2.44. The third-order valence-electron chi connectivity index (χ3n) is 4.30. The molecule has 0 spiro atoms. The molecule has 0 aliphatic heterocycles. The number of nitrogens with zero attached hydrogens (tertiary/aromatic N) is 1. The zero-order valence-corrected chi connectivity index (χ0v) is 12.2. The Labute approximate surface area is 111 Å². The highest BCUT2D eigenvalue weighted by atomic mass is 16.5. The standard InChI is InChI=1S/C15H26N2O/c1-6-12(2)15(3,11-16)17(4)13-9-7-8-10-14(13)18-5/h7-10,12H,6,11,16H2,1-5H3. The number of likely N-dealkylation sites (N-methyl/N-ethyl adjacent to an activating group) is 1. The van der Waals surface area contributed by atoms with Crippen molar-refractivity contribution in [3.63, 3.8) is 0 Å². The van der Waals surface area contributed by atoms with E-state index in [0.29, 0.717) is 12.5 Å². The van der Waals surface area contributed by atoms with E-state index in [1.807, 2.05) is 18.2 Å². The second-order valence-corrected chi connectivity index (χ2v) is 5.10. The summed E-state index contributed by atoms with van der Waals surface area (Å²) in [6.07, 6.45) is 1.10. The molecule has 0 saturated carbocycles. The molecule has 3 heteroatoms. The molecule has 0 amide bonds. The van der Waals surface area contributed by atoms with E-state index in [2.05, 4.69) is 38.8 Å². The quantitative estimate of drug-likeness (QED) is 0.843. The van der Waals surface area contributed by atoms with E-state index in [1.165, 1.54) is 0 Å². The van der Waals surface area contributed by atoms with Crippen LogP contribution in [0.25, 0.3) is 0 Å². The molecule has 2 atom stereocenters. The fourth-order valence-electron chi connectivity index (χ4n) is 2.29. The lowest BCUT2D eigenvalue weighted by atomic mass is 9.83. The van der Waals surface area contributed by atoms with Crippen LogP contribution in [0.3, 0.4) is 0 Å². The molecular weight excluding hydrogens is 224 g/mol. The van der Waals surface area contributed by atoms with E-state index in [-0.39, 0.29) is 5.54 Å². The predicted molar refractivity (Wildman–Crippen MR) is 78.3 cm³/mol. The van der Waals surface area contributed by atoms with Crippen LogP contribution in [-0.4, -0.2) is 26.2 Å². The maximum atomic E-state index is 6.03. The van der Waals surface area contributed by atoms with Crippen LogP contribution in [-0.2, 0) is 0 Å². The van der Waals surface area contributed by atoms with Crippen LogP contribution >= 0.6 is 0 Å². The van der Waals surface area contributed by atoms with Gasteiger partial charge in [-0.15, -0.1) is 0 Å². The van der Waals surface area contributed by atoms with Gasteiger partial charge in [0.25, 0.3) is 0 Å². The summed E-state index contributed by atoms with van der Waals surface area (Å²) in [4.78, 5) is 2.25. The highest BCUT2D eigenvalue weighted by Gasteiger charge is 2.34. The molecule has 1 rings (SSSR count). The molecule has 2 unspecified atom stereocenters. The molecule has 2 N–H and O–H groups in total. The van der Waals surface area contributed by atoms with Crippen LogP contribution < -0.4 is 15.4 Å². The van der Waals surface area contributed by atoms with Crippen LogP contribution in [0, 0.1) is 5.92 Å². The highest BCUT2D eigenvalue weighted by molar-refractivity contribution is 5.59. The van der Waals surface area contributed by atoms with Crippen molar-refractivity contribution in [1.29, 1.82) is 0 Å². The van der Waals surface area contributed by atoms with Gasteiger partial charge in [-0.1, -0.05) is 32.4 Å². The smallest absolute Gasteiger partial charge is 0.142 e. The van der Waals surface area contributed by atoms with Gasteiger partial charge in [0.1, 0.15) is 5.75 Å². The summed E-state index contributed by atoms with van der Waals surface area (Å²) >= 11 is 0. The molecule has 0 saturated heterocycles. The molecule has 0 radical (unpaired) electrons. The third kappa shape index (κ3) is 2.61. The van der Waals surface area contributed by atoms with Gasteiger partial charge >= 0.3 is 0 Å². The van der Waals surface area contributed by atoms with Gasteiger partial charge in [0.05, 0.1) is 18.3 Å². The number of nitrogens with two attached hydrogens (primary N) is 1. The van der Waals surface area contributed by atoms with E-state index >= 15 is 0 Å². The Morgan fingerprint density at radius 3 is 2.50 bits per heavy atom. The lowest BCUT2D eigenvalue weighted by Crippen LogP contribution is -2.54. The molecule has 0 aliphatic carbocycles. The molecule has 0 heterocycles. The van der Waals surface area contributed by atoms with Crippen LogP contribution in [0.2, 0.25) is 0 Å². The van der Waals surface area contributed by atoms with Gasteiger partial charge in [-0.25, -0.2) is 0 Å². The third-order valence-corrected chi connectivity index (χ3v) is 4.30. The van der Waals surface area contributed by atoms with Crippen molar-refractivity contribution in [2.24, 2.45) is 11.7 Å². The highest BCUT2D eigenvalue weighted by Crippen LogP contribution is 2.35. The molecule has 102 valence electrons. The zero-order chi connectivity index (χ0) is 13.8. The number of ether oxygens (including phenoxy) is 1. The number of methoxy groups -OCH3 is 1. The van der Waals surface area contributed by atoms with E-state index in [4.69, 9.17) is 10.5 Å². The van der Waals surface area contributed by atoms with Gasteiger partial charge in [-0.2, -0.15) is 0 Å². The Morgan fingerprint density at radius 1 is 1.39 bits per heavy atom. The summed E-state index contributed by atoms with van der Waals surface area (Å²) in [5.74, 6) is 1.40. The fraction of sp³-hybridized carbons (Fsp3) is 0.600. The van der Waals surface area contributed by atoms with Gasteiger partial charge in [0.2, 0.25) is 0 Å². The van der Waals surface area contributed by atoms with Crippen molar-refractivity contribution in [2.45, 2.75) is 32.7 Å². The first kappa shape index (κ1) is 14.8. The molecule has 3 nitrogen and oxygen atoms in total. The molecule has 18 heavy (non-hydrogen) atoms. The summed E-state index contributed by atoms with van der Waals surface area (Å²) in [7, 11) is 3.80. The second kappa shape index (κ2) is 6.10. The van der Waals surface area contributed by atoms with Crippen LogP contribution in [0.5, 0.6) is 5.75 Å². The minimum Gasteiger partial charge on any atom is -0.495 e. The molecule has 0 fully saturated rings. The number of hydrogen-bond acceptors (Lipinski definition) is 3. The van der Waals surface area contributed by atoms with Crippen molar-refractivity contribution in [2.75, 3.05) is 25.6 Å². The molecule has 0 aromatic heterocycles. The van der Waals surface area contributed by atoms with Crippen molar-refractivity contribution < 1.29 is 4.74 Å². The van der Waals surface area contributed by atoms with Crippen LogP contribution in [0.4, 0.5) is 5.69 Å². The van der Waals surface area contributed by atoms with E-state index in [1.54, 1.807) is 7.11 Å². The first-order valence-corrected chi connectivity index (χ1v) is 6.58. The SMILES string of the molecule is CCC(C)C(C)(CN)N(C)c1ccccc1OC. The molecule has 1 aromatic rings. The minimum absolute atomic E-state index is 0.0661. The summed E-state index contributed by atoms with van der Waals surface area (Å²) in [6, 6.07) is 8.08. The maximum absolute atomic E-state index is 6.03. The lowest BCUT2D eigenvalue weighted by molar-refractivity contribution is 0.300. The number of hydrogen-bond donors (Lipinski definition) is 1. The predicted octanol–water partition coefficient (Wildman–Crippen LogP) is 2.89. The van der Waals surface area contributed by atoms with E-state index in [0.717, 1.165) is 17.9 Å². The average Bonchev–Trinajstić information content (AvgIpc) is 2.44. The summed E-state index contributed by atoms with van der Waals surface area (Å²) in [5.41, 5.74) is 7.06. The molecular formula is C15H26N2O. The van der Waals surface area contributed by atoms with Gasteiger partial charge < -0.3 is 15.4 Å². The van der Waals surface area contributed by atoms with Crippen LogP contribution in [0.1, 0.15) is 27.2 Å². The first-order chi connectivity index (χ1) is 8.51. The van der Waals surface area contributed by atoms with Gasteiger partial charge in [-0.05, 0) is 25.0 Å². The first-order valence-electron chi connectivity index (χ1n) is 6.58. The Kier molecular flexibility index (Phi) is 5.03. The molecule has 0 aliphatic rings. The maximum Gasteiger partial charge on any atom is 0.142 e. The van der Waals surface area contributed by atoms with Gasteiger partial charge in [-0.3, -0.25) is 0 Å². The minimum atomic E-state index is -0.0661. The monoisotopic (exact) mass is 250 g/mol. The van der Waals surface area contributed by atoms with Crippen molar-refractivity contribution in [3.05, 3.63) is 24.3 Å². The van der Waals surface area contributed by atoms with Gasteiger partial charge in [0.15, 0.2) is 0 Å². The number of benzene rings is 1. The Bertz CT molecular complexity index is 381. The summed E-state index contributed by atoms with van der Waals surface area (Å²) < 4.78 is 5.44. The largest absolute Gasteiger partial charge is 0.495 e. The van der Waals surface area contributed by atoms with Gasteiger partial charge in [0, 0.05) is 13.6 Å². The summed E-state index contributed by atoms with van der Waals surface area (Å²) in [6.45, 7) is 7.29. The van der Waals surface area contributed by atoms with Crippen molar-refractivity contribution >= 4 is 5.69 Å². The zero-order valence-electron chi connectivity index (χ0n) is 12.2. The van der Waals surface area contributed by atoms with Crippen molar-refractivity contribution in [1.82, 2.24) is 0 Å². The second-order valence-electron chi connectivity index (χ2n) is 5.10. The van der Waals surface area contributed by atoms with E-state index < -0.39 is 0 Å². The molecule has 1 aromatic carbocycles. The topological polar surface area (TPSA) is 38.5 Å². The fourth-order valence-corrected chi connectivity index (χ4v) is 2.29. The van der Waals surface area contributed by atoms with E-state index in [9.17, 15) is 0 Å². The molecule has 0 bridgehead atoms. The Morgan fingerprint density at radius 2 is 2.00 bits per heavy atom. The number of anilines is 1. The number of para-hydroxylation sites is 2. The summed E-state index contributed by atoms with van der Waals surface area (Å²) in [5, 5.41) is 0. The Hall–Kier alpha value is -1.22. The normalized spacial score (nSPS) is 15.9. The van der Waals surface area contributed by atoms with Crippen LogP contribution in [0.15, 0.2) is 24.3 Å². The van der Waals surface area contributed by atoms with Crippen molar-refractivity contribution in [3.8, 4) is 5.75 Å². The Balaban J connectivity index is 3.14. The number of rotatable bonds is 6.